The molecule has 0 unspecified atom stereocenters. The van der Waals surface area contributed by atoms with Gasteiger partial charge in [0, 0.05) is 56.9 Å². The largest absolute Gasteiger partial charge is 0.354 e. The van der Waals surface area contributed by atoms with Crippen LogP contribution in [0.25, 0.3) is 0 Å². The average Bonchev–Trinajstić information content (AvgIpc) is 3.26. The molecule has 1 saturated heterocycles. The van der Waals surface area contributed by atoms with E-state index in [-0.39, 0.29) is 11.8 Å². The SMILES string of the molecule is Cc1nccn1CC(=O)NCC1CCN(C(=O)CCn2nccc2C)CC1. The lowest BCUT2D eigenvalue weighted by atomic mass is 9.96. The van der Waals surface area contributed by atoms with Crippen molar-refractivity contribution in [1.82, 2.24) is 29.5 Å². The summed E-state index contributed by atoms with van der Waals surface area (Å²) in [7, 11) is 0. The van der Waals surface area contributed by atoms with Gasteiger partial charge in [-0.25, -0.2) is 4.98 Å². The molecule has 0 spiro atoms. The molecule has 2 amide bonds. The Kier molecular flexibility index (Phi) is 6.26. The van der Waals surface area contributed by atoms with Gasteiger partial charge in [0.25, 0.3) is 0 Å². The maximum absolute atomic E-state index is 12.4. The summed E-state index contributed by atoms with van der Waals surface area (Å²) in [5.74, 6) is 1.45. The highest BCUT2D eigenvalue weighted by atomic mass is 16.2. The number of nitrogens with zero attached hydrogens (tertiary/aromatic N) is 5. The standard InChI is InChI=1S/C19H28N6O2/c1-15-3-7-22-25(15)11-6-19(27)23-9-4-17(5-10-23)13-21-18(26)14-24-12-8-20-16(24)2/h3,7-8,12,17H,4-6,9-11,13-14H2,1-2H3,(H,21,26). The van der Waals surface area contributed by atoms with Gasteiger partial charge in [-0.3, -0.25) is 14.3 Å². The first kappa shape index (κ1) is 19.1. The second-order valence-corrected chi connectivity index (χ2v) is 7.18. The number of amides is 2. The van der Waals surface area contributed by atoms with E-state index in [1.54, 1.807) is 12.4 Å². The van der Waals surface area contributed by atoms with E-state index in [2.05, 4.69) is 15.4 Å². The Bertz CT molecular complexity index is 773. The zero-order valence-electron chi connectivity index (χ0n) is 16.1. The fourth-order valence-corrected chi connectivity index (χ4v) is 3.42. The molecule has 8 nitrogen and oxygen atoms in total. The molecule has 1 fully saturated rings. The minimum Gasteiger partial charge on any atom is -0.354 e. The van der Waals surface area contributed by atoms with E-state index in [9.17, 15) is 9.59 Å². The van der Waals surface area contributed by atoms with Gasteiger partial charge >= 0.3 is 0 Å². The van der Waals surface area contributed by atoms with Crippen molar-refractivity contribution in [1.29, 1.82) is 0 Å². The topological polar surface area (TPSA) is 85.0 Å². The van der Waals surface area contributed by atoms with E-state index in [0.29, 0.717) is 32.0 Å². The molecular formula is C19H28N6O2. The van der Waals surface area contributed by atoms with Crippen LogP contribution in [0.3, 0.4) is 0 Å². The predicted molar refractivity (Wildman–Crippen MR) is 101 cm³/mol. The monoisotopic (exact) mass is 372 g/mol. The van der Waals surface area contributed by atoms with Crippen LogP contribution in [0.4, 0.5) is 0 Å². The van der Waals surface area contributed by atoms with Crippen LogP contribution in [-0.2, 0) is 22.7 Å². The Morgan fingerprint density at radius 3 is 2.63 bits per heavy atom. The minimum atomic E-state index is 0.00389. The Hall–Kier alpha value is -2.64. The number of imidazole rings is 1. The molecule has 0 saturated carbocycles. The highest BCUT2D eigenvalue weighted by Crippen LogP contribution is 2.17. The highest BCUT2D eigenvalue weighted by Gasteiger charge is 2.23. The van der Waals surface area contributed by atoms with E-state index in [4.69, 9.17) is 0 Å². The zero-order chi connectivity index (χ0) is 19.2. The molecule has 1 N–H and O–H groups in total. The Labute approximate surface area is 159 Å². The lowest BCUT2D eigenvalue weighted by Crippen LogP contribution is -2.42. The summed E-state index contributed by atoms with van der Waals surface area (Å²) in [5, 5.41) is 7.23. The van der Waals surface area contributed by atoms with Crippen molar-refractivity contribution in [3.63, 3.8) is 0 Å². The molecule has 1 aliphatic heterocycles. The molecule has 0 atom stereocenters. The van der Waals surface area contributed by atoms with Crippen LogP contribution >= 0.6 is 0 Å². The molecule has 8 heteroatoms. The van der Waals surface area contributed by atoms with Crippen molar-refractivity contribution in [2.24, 2.45) is 5.92 Å². The summed E-state index contributed by atoms with van der Waals surface area (Å²) in [4.78, 5) is 30.5. The van der Waals surface area contributed by atoms with Crippen LogP contribution in [-0.4, -0.2) is 55.7 Å². The molecule has 1 aliphatic rings. The molecule has 0 aliphatic carbocycles. The maximum Gasteiger partial charge on any atom is 0.239 e. The van der Waals surface area contributed by atoms with Crippen molar-refractivity contribution in [3.8, 4) is 0 Å². The van der Waals surface area contributed by atoms with E-state index >= 15 is 0 Å². The van der Waals surface area contributed by atoms with Gasteiger partial charge in [0.2, 0.25) is 11.8 Å². The first-order valence-electron chi connectivity index (χ1n) is 9.53. The van der Waals surface area contributed by atoms with Crippen LogP contribution in [0.2, 0.25) is 0 Å². The molecule has 3 rings (SSSR count). The summed E-state index contributed by atoms with van der Waals surface area (Å²) < 4.78 is 3.69. The number of likely N-dealkylation sites (tertiary alicyclic amines) is 1. The number of rotatable bonds is 7. The molecule has 146 valence electrons. The average molecular weight is 372 g/mol. The van der Waals surface area contributed by atoms with E-state index in [1.807, 2.05) is 40.3 Å². The summed E-state index contributed by atoms with van der Waals surface area (Å²) in [6, 6.07) is 1.94. The van der Waals surface area contributed by atoms with Gasteiger partial charge < -0.3 is 14.8 Å². The lowest BCUT2D eigenvalue weighted by molar-refractivity contribution is -0.133. The molecular weight excluding hydrogens is 344 g/mol. The third-order valence-corrected chi connectivity index (χ3v) is 5.26. The Morgan fingerprint density at radius 1 is 1.22 bits per heavy atom. The maximum atomic E-state index is 12.4. The molecule has 2 aromatic heterocycles. The van der Waals surface area contributed by atoms with Gasteiger partial charge in [-0.2, -0.15) is 5.10 Å². The molecule has 0 radical (unpaired) electrons. The van der Waals surface area contributed by atoms with E-state index in [0.717, 1.165) is 37.4 Å². The van der Waals surface area contributed by atoms with Gasteiger partial charge in [-0.05, 0) is 38.7 Å². The first-order chi connectivity index (χ1) is 13.0. The van der Waals surface area contributed by atoms with Crippen molar-refractivity contribution in [2.75, 3.05) is 19.6 Å². The molecule has 2 aromatic rings. The smallest absolute Gasteiger partial charge is 0.239 e. The Balaban J connectivity index is 1.34. The van der Waals surface area contributed by atoms with Gasteiger partial charge in [0.1, 0.15) is 12.4 Å². The lowest BCUT2D eigenvalue weighted by Gasteiger charge is -2.32. The van der Waals surface area contributed by atoms with Crippen LogP contribution in [0.1, 0.15) is 30.8 Å². The van der Waals surface area contributed by atoms with Crippen molar-refractivity contribution in [3.05, 3.63) is 36.2 Å². The van der Waals surface area contributed by atoms with E-state index in [1.165, 1.54) is 0 Å². The van der Waals surface area contributed by atoms with Crippen molar-refractivity contribution < 1.29 is 9.59 Å². The van der Waals surface area contributed by atoms with E-state index < -0.39 is 0 Å². The number of carbonyl (C=O) groups excluding carboxylic acids is 2. The first-order valence-corrected chi connectivity index (χ1v) is 9.53. The van der Waals surface area contributed by atoms with Crippen LogP contribution in [0.5, 0.6) is 0 Å². The van der Waals surface area contributed by atoms with Gasteiger partial charge in [0.15, 0.2) is 0 Å². The van der Waals surface area contributed by atoms with Gasteiger partial charge in [0.05, 0.1) is 0 Å². The summed E-state index contributed by atoms with van der Waals surface area (Å²) in [6.07, 6.45) is 7.60. The third-order valence-electron chi connectivity index (χ3n) is 5.26. The van der Waals surface area contributed by atoms with Gasteiger partial charge in [-0.1, -0.05) is 0 Å². The number of carbonyl (C=O) groups is 2. The number of aryl methyl sites for hydroxylation is 3. The van der Waals surface area contributed by atoms with Crippen molar-refractivity contribution >= 4 is 11.8 Å². The highest BCUT2D eigenvalue weighted by molar-refractivity contribution is 5.76. The van der Waals surface area contributed by atoms with Crippen molar-refractivity contribution in [2.45, 2.75) is 46.2 Å². The number of piperidine rings is 1. The van der Waals surface area contributed by atoms with Gasteiger partial charge in [-0.15, -0.1) is 0 Å². The summed E-state index contributed by atoms with van der Waals surface area (Å²) in [6.45, 7) is 6.99. The summed E-state index contributed by atoms with van der Waals surface area (Å²) in [5.41, 5.74) is 1.07. The fraction of sp³-hybridized carbons (Fsp3) is 0.579. The molecule has 3 heterocycles. The van der Waals surface area contributed by atoms with Crippen LogP contribution < -0.4 is 5.32 Å². The Morgan fingerprint density at radius 2 is 2.00 bits per heavy atom. The number of hydrogen-bond donors (Lipinski definition) is 1. The van der Waals surface area contributed by atoms with Crippen LogP contribution in [0, 0.1) is 19.8 Å². The second kappa shape index (κ2) is 8.83. The number of aromatic nitrogens is 4. The minimum absolute atomic E-state index is 0.00389. The van der Waals surface area contributed by atoms with Crippen LogP contribution in [0.15, 0.2) is 24.7 Å². The molecule has 0 aromatic carbocycles. The summed E-state index contributed by atoms with van der Waals surface area (Å²) >= 11 is 0. The molecule has 27 heavy (non-hydrogen) atoms. The zero-order valence-corrected chi connectivity index (χ0v) is 16.1. The third kappa shape index (κ3) is 5.18. The molecule has 0 bridgehead atoms. The normalized spacial score (nSPS) is 15.1. The quantitative estimate of drug-likeness (QED) is 0.790. The predicted octanol–water partition coefficient (Wildman–Crippen LogP) is 1.14. The number of hydrogen-bond acceptors (Lipinski definition) is 4. The second-order valence-electron chi connectivity index (χ2n) is 7.18. The fourth-order valence-electron chi connectivity index (χ4n) is 3.42. The number of nitrogens with one attached hydrogen (secondary N) is 1.